The van der Waals surface area contributed by atoms with Gasteiger partial charge < -0.3 is 0 Å². The highest BCUT2D eigenvalue weighted by atomic mass is 32.1. The Labute approximate surface area is 45.9 Å². The van der Waals surface area contributed by atoms with Crippen LogP contribution in [0.15, 0.2) is 0 Å². The quantitative estimate of drug-likeness (QED) is 0.392. The standard InChI is InChI=1S/C4H9PS/c1-5-3-2-4(3)6/h3-6H,2H2,1H3. The highest BCUT2D eigenvalue weighted by Gasteiger charge is 2.31. The van der Waals surface area contributed by atoms with Crippen LogP contribution >= 0.6 is 21.2 Å². The molecule has 0 saturated heterocycles. The summed E-state index contributed by atoms with van der Waals surface area (Å²) in [6, 6.07) is 0. The molecule has 0 heterocycles. The fourth-order valence-electron chi connectivity index (χ4n) is 0.492. The van der Waals surface area contributed by atoms with Crippen LogP contribution in [0, 0.1) is 0 Å². The van der Waals surface area contributed by atoms with Crippen LogP contribution in [0.4, 0.5) is 0 Å². The van der Waals surface area contributed by atoms with Crippen LogP contribution in [0.25, 0.3) is 0 Å². The van der Waals surface area contributed by atoms with Crippen molar-refractivity contribution in [1.29, 1.82) is 0 Å². The van der Waals surface area contributed by atoms with Crippen LogP contribution < -0.4 is 0 Å². The van der Waals surface area contributed by atoms with Crippen molar-refractivity contribution in [3.05, 3.63) is 0 Å². The molecule has 3 atom stereocenters. The van der Waals surface area contributed by atoms with Crippen LogP contribution in [0.3, 0.4) is 0 Å². The van der Waals surface area contributed by atoms with Crippen molar-refractivity contribution < 1.29 is 0 Å². The Balaban J connectivity index is 2.09. The van der Waals surface area contributed by atoms with Gasteiger partial charge in [0.05, 0.1) is 0 Å². The summed E-state index contributed by atoms with van der Waals surface area (Å²) < 4.78 is 0. The van der Waals surface area contributed by atoms with E-state index in [4.69, 9.17) is 0 Å². The predicted octanol–water partition coefficient (Wildman–Crippen LogP) is 1.37. The largest absolute Gasteiger partial charge is 0.175 e. The maximum atomic E-state index is 4.26. The fraction of sp³-hybridized carbons (Fsp3) is 1.00. The molecule has 0 aromatic heterocycles. The summed E-state index contributed by atoms with van der Waals surface area (Å²) in [6.07, 6.45) is 1.37. The molecule has 0 radical (unpaired) electrons. The van der Waals surface area contributed by atoms with E-state index in [1.165, 1.54) is 6.42 Å². The van der Waals surface area contributed by atoms with Gasteiger partial charge in [-0.3, -0.25) is 0 Å². The normalized spacial score (nSPS) is 45.0. The van der Waals surface area contributed by atoms with Gasteiger partial charge in [-0.25, -0.2) is 0 Å². The van der Waals surface area contributed by atoms with Crippen LogP contribution in [0.5, 0.6) is 0 Å². The summed E-state index contributed by atoms with van der Waals surface area (Å²) in [5.74, 6) is 0. The number of rotatable bonds is 1. The first-order valence-electron chi connectivity index (χ1n) is 2.20. The molecule has 0 nitrogen and oxygen atoms in total. The second kappa shape index (κ2) is 1.71. The van der Waals surface area contributed by atoms with Gasteiger partial charge in [0.25, 0.3) is 0 Å². The minimum atomic E-state index is 0.772. The maximum absolute atomic E-state index is 4.26. The first-order valence-corrected chi connectivity index (χ1v) is 4.29. The van der Waals surface area contributed by atoms with Gasteiger partial charge in [-0.1, -0.05) is 0 Å². The molecule has 1 aliphatic rings. The first kappa shape index (κ1) is 4.93. The lowest BCUT2D eigenvalue weighted by atomic mass is 11.0. The summed E-state index contributed by atoms with van der Waals surface area (Å²) in [5.41, 5.74) is 0.994. The Kier molecular flexibility index (Phi) is 1.41. The van der Waals surface area contributed by atoms with Crippen molar-refractivity contribution in [1.82, 2.24) is 0 Å². The van der Waals surface area contributed by atoms with Crippen LogP contribution in [-0.2, 0) is 0 Å². The molecule has 36 valence electrons. The van der Waals surface area contributed by atoms with Gasteiger partial charge in [0, 0.05) is 5.25 Å². The average molecular weight is 120 g/mol. The van der Waals surface area contributed by atoms with E-state index in [1.807, 2.05) is 0 Å². The molecule has 3 unspecified atom stereocenters. The molecular formula is C4H9PS. The molecule has 0 bridgehead atoms. The third-order valence-electron chi connectivity index (χ3n) is 1.13. The van der Waals surface area contributed by atoms with Crippen molar-refractivity contribution in [2.45, 2.75) is 17.3 Å². The maximum Gasteiger partial charge on any atom is 0.00886 e. The van der Waals surface area contributed by atoms with E-state index >= 15 is 0 Å². The third-order valence-corrected chi connectivity index (χ3v) is 3.36. The van der Waals surface area contributed by atoms with Gasteiger partial charge >= 0.3 is 0 Å². The van der Waals surface area contributed by atoms with Crippen LogP contribution in [0.2, 0.25) is 0 Å². The highest BCUT2D eigenvalue weighted by Crippen LogP contribution is 2.41. The minimum absolute atomic E-state index is 0.772. The number of hydrogen-bond acceptors (Lipinski definition) is 1. The Hall–Kier alpha value is 0.780. The fourth-order valence-corrected chi connectivity index (χ4v) is 2.24. The summed E-state index contributed by atoms with van der Waals surface area (Å²) in [4.78, 5) is 0. The second-order valence-corrected chi connectivity index (χ2v) is 3.68. The summed E-state index contributed by atoms with van der Waals surface area (Å²) in [7, 11) is 1.13. The predicted molar refractivity (Wildman–Crippen MR) is 35.4 cm³/mol. The topological polar surface area (TPSA) is 0 Å². The molecule has 6 heavy (non-hydrogen) atoms. The number of thiol groups is 1. The minimum Gasteiger partial charge on any atom is -0.175 e. The summed E-state index contributed by atoms with van der Waals surface area (Å²) in [6.45, 7) is 2.25. The Morgan fingerprint density at radius 2 is 2.33 bits per heavy atom. The Bertz CT molecular complexity index is 53.5. The lowest BCUT2D eigenvalue weighted by molar-refractivity contribution is 1.51. The molecule has 0 N–H and O–H groups in total. The first-order chi connectivity index (χ1) is 2.84. The van der Waals surface area contributed by atoms with Crippen molar-refractivity contribution in [3.8, 4) is 0 Å². The van der Waals surface area contributed by atoms with Gasteiger partial charge in [-0.2, -0.15) is 12.6 Å². The molecule has 0 aromatic carbocycles. The summed E-state index contributed by atoms with van der Waals surface area (Å²) >= 11 is 4.26. The van der Waals surface area contributed by atoms with Crippen molar-refractivity contribution in [2.75, 3.05) is 6.66 Å². The molecule has 1 saturated carbocycles. The van der Waals surface area contributed by atoms with Crippen LogP contribution in [-0.4, -0.2) is 17.6 Å². The van der Waals surface area contributed by atoms with E-state index in [9.17, 15) is 0 Å². The SMILES string of the molecule is CPC1CC1S. The lowest BCUT2D eigenvalue weighted by Gasteiger charge is -1.79. The Morgan fingerprint density at radius 3 is 2.33 bits per heavy atom. The van der Waals surface area contributed by atoms with Gasteiger partial charge in [0.2, 0.25) is 0 Å². The molecule has 0 spiro atoms. The monoisotopic (exact) mass is 120 g/mol. The van der Waals surface area contributed by atoms with E-state index in [2.05, 4.69) is 19.3 Å². The zero-order valence-electron chi connectivity index (χ0n) is 3.81. The van der Waals surface area contributed by atoms with Crippen molar-refractivity contribution in [3.63, 3.8) is 0 Å². The molecular weight excluding hydrogens is 111 g/mol. The van der Waals surface area contributed by atoms with Gasteiger partial charge in [-0.15, -0.1) is 8.58 Å². The highest BCUT2D eigenvalue weighted by molar-refractivity contribution is 7.81. The van der Waals surface area contributed by atoms with Crippen molar-refractivity contribution in [2.24, 2.45) is 0 Å². The molecule has 1 fully saturated rings. The zero-order chi connectivity index (χ0) is 4.57. The smallest absolute Gasteiger partial charge is 0.00886 e. The molecule has 1 rings (SSSR count). The molecule has 2 heteroatoms. The van der Waals surface area contributed by atoms with Crippen LogP contribution in [0.1, 0.15) is 6.42 Å². The second-order valence-electron chi connectivity index (χ2n) is 1.70. The molecule has 1 aliphatic carbocycles. The van der Waals surface area contributed by atoms with Gasteiger partial charge in [0.15, 0.2) is 0 Å². The average Bonchev–Trinajstić information content (AvgIpc) is 2.19. The molecule has 0 aromatic rings. The van der Waals surface area contributed by atoms with E-state index in [0.29, 0.717) is 0 Å². The zero-order valence-corrected chi connectivity index (χ0v) is 5.70. The van der Waals surface area contributed by atoms with Gasteiger partial charge in [-0.05, 0) is 18.7 Å². The lowest BCUT2D eigenvalue weighted by Crippen LogP contribution is -1.69. The van der Waals surface area contributed by atoms with Crippen molar-refractivity contribution >= 4 is 21.2 Å². The third kappa shape index (κ3) is 0.886. The number of hydrogen-bond donors (Lipinski definition) is 1. The Morgan fingerprint density at radius 1 is 1.83 bits per heavy atom. The van der Waals surface area contributed by atoms with Gasteiger partial charge in [0.1, 0.15) is 0 Å². The van der Waals surface area contributed by atoms with E-state index in [-0.39, 0.29) is 0 Å². The van der Waals surface area contributed by atoms with E-state index in [1.54, 1.807) is 0 Å². The molecule has 0 aliphatic heterocycles. The molecule has 0 amide bonds. The summed E-state index contributed by atoms with van der Waals surface area (Å²) in [5, 5.41) is 0.772. The van der Waals surface area contributed by atoms with E-state index in [0.717, 1.165) is 19.5 Å². The van der Waals surface area contributed by atoms with E-state index < -0.39 is 0 Å².